The highest BCUT2D eigenvalue weighted by atomic mass is 19.1. The summed E-state index contributed by atoms with van der Waals surface area (Å²) in [5.41, 5.74) is -0.00752. The van der Waals surface area contributed by atoms with Crippen molar-refractivity contribution in [3.8, 4) is 6.07 Å². The Kier molecular flexibility index (Phi) is 4.00. The van der Waals surface area contributed by atoms with E-state index in [1.165, 1.54) is 6.07 Å². The highest BCUT2D eigenvalue weighted by molar-refractivity contribution is 5.91. The molecule has 0 heterocycles. The number of urea groups is 1. The summed E-state index contributed by atoms with van der Waals surface area (Å²) in [5, 5.41) is 21.2. The van der Waals surface area contributed by atoms with Crippen LogP contribution >= 0.6 is 0 Å². The van der Waals surface area contributed by atoms with Gasteiger partial charge < -0.3 is 15.7 Å². The van der Waals surface area contributed by atoms with E-state index in [-0.39, 0.29) is 11.3 Å². The maximum absolute atomic E-state index is 12.9. The zero-order valence-corrected chi connectivity index (χ0v) is 8.53. The van der Waals surface area contributed by atoms with Crippen LogP contribution in [0, 0.1) is 17.1 Å². The predicted octanol–water partition coefficient (Wildman–Crippen LogP) is 0.903. The maximum atomic E-state index is 12.9. The molecular weight excluding hydrogens is 229 g/mol. The van der Waals surface area contributed by atoms with Gasteiger partial charge in [0, 0.05) is 5.69 Å². The quantitative estimate of drug-likeness (QED) is 0.726. The van der Waals surface area contributed by atoms with Crippen molar-refractivity contribution in [3.05, 3.63) is 29.6 Å². The Labute approximate surface area is 95.7 Å². The van der Waals surface area contributed by atoms with E-state index in [9.17, 15) is 14.0 Å². The lowest BCUT2D eigenvalue weighted by atomic mass is 10.2. The number of hydrogen-bond donors (Lipinski definition) is 3. The highest BCUT2D eigenvalue weighted by Crippen LogP contribution is 2.13. The third kappa shape index (κ3) is 3.79. The van der Waals surface area contributed by atoms with Gasteiger partial charge in [-0.2, -0.15) is 5.26 Å². The normalized spacial score (nSPS) is 9.18. The van der Waals surface area contributed by atoms with Crippen LogP contribution in [0.2, 0.25) is 0 Å². The Morgan fingerprint density at radius 1 is 1.47 bits per heavy atom. The van der Waals surface area contributed by atoms with E-state index in [4.69, 9.17) is 10.4 Å². The van der Waals surface area contributed by atoms with Crippen LogP contribution in [0.4, 0.5) is 14.9 Å². The second kappa shape index (κ2) is 5.46. The predicted molar refractivity (Wildman–Crippen MR) is 55.8 cm³/mol. The first-order chi connectivity index (χ1) is 8.02. The van der Waals surface area contributed by atoms with Crippen LogP contribution in [-0.2, 0) is 4.79 Å². The summed E-state index contributed by atoms with van der Waals surface area (Å²) in [4.78, 5) is 21.3. The lowest BCUT2D eigenvalue weighted by Crippen LogP contribution is -2.33. The van der Waals surface area contributed by atoms with Crippen molar-refractivity contribution in [1.29, 1.82) is 5.26 Å². The minimum Gasteiger partial charge on any atom is -0.480 e. The number of nitrogens with zero attached hydrogens (tertiary/aromatic N) is 1. The molecule has 0 aromatic heterocycles. The summed E-state index contributed by atoms with van der Waals surface area (Å²) in [7, 11) is 0. The number of rotatable bonds is 3. The van der Waals surface area contributed by atoms with Crippen LogP contribution in [0.1, 0.15) is 5.56 Å². The van der Waals surface area contributed by atoms with Gasteiger partial charge in [-0.3, -0.25) is 4.79 Å². The Hall–Kier alpha value is -2.62. The molecule has 0 aliphatic carbocycles. The number of carbonyl (C=O) groups excluding carboxylic acids is 1. The molecule has 1 aromatic rings. The molecule has 88 valence electrons. The van der Waals surface area contributed by atoms with E-state index in [0.717, 1.165) is 12.1 Å². The van der Waals surface area contributed by atoms with E-state index in [0.29, 0.717) is 0 Å². The number of carboxylic acids is 1. The third-order valence-electron chi connectivity index (χ3n) is 1.74. The fourth-order valence-electron chi connectivity index (χ4n) is 1.02. The van der Waals surface area contributed by atoms with Crippen molar-refractivity contribution in [2.45, 2.75) is 0 Å². The molecule has 7 heteroatoms. The summed E-state index contributed by atoms with van der Waals surface area (Å²) in [6.07, 6.45) is 0. The first-order valence-corrected chi connectivity index (χ1v) is 4.49. The van der Waals surface area contributed by atoms with Gasteiger partial charge >= 0.3 is 12.0 Å². The van der Waals surface area contributed by atoms with Gasteiger partial charge in [0.25, 0.3) is 0 Å². The largest absolute Gasteiger partial charge is 0.480 e. The molecule has 0 unspecified atom stereocenters. The molecule has 0 saturated carbocycles. The van der Waals surface area contributed by atoms with Crippen LogP contribution in [0.15, 0.2) is 18.2 Å². The summed E-state index contributed by atoms with van der Waals surface area (Å²) in [6, 6.07) is 4.31. The number of nitrogens with one attached hydrogen (secondary N) is 2. The van der Waals surface area contributed by atoms with E-state index >= 15 is 0 Å². The Bertz CT molecular complexity index is 496. The lowest BCUT2D eigenvalue weighted by Gasteiger charge is -2.06. The Balaban J connectivity index is 2.66. The van der Waals surface area contributed by atoms with Gasteiger partial charge in [0.15, 0.2) is 0 Å². The Morgan fingerprint density at radius 3 is 2.76 bits per heavy atom. The summed E-state index contributed by atoms with van der Waals surface area (Å²) < 4.78 is 12.9. The van der Waals surface area contributed by atoms with E-state index in [2.05, 4.69) is 10.6 Å². The number of carboxylic acid groups (broad SMARTS) is 1. The van der Waals surface area contributed by atoms with Crippen molar-refractivity contribution < 1.29 is 19.1 Å². The summed E-state index contributed by atoms with van der Waals surface area (Å²) in [5.74, 6) is -1.87. The molecule has 1 aromatic carbocycles. The van der Waals surface area contributed by atoms with Crippen LogP contribution < -0.4 is 10.6 Å². The number of amides is 2. The number of aliphatic carboxylic acids is 1. The number of carbonyl (C=O) groups is 2. The number of nitriles is 1. The second-order valence-electron chi connectivity index (χ2n) is 3.01. The topological polar surface area (TPSA) is 102 Å². The second-order valence-corrected chi connectivity index (χ2v) is 3.01. The van der Waals surface area contributed by atoms with Crippen molar-refractivity contribution in [1.82, 2.24) is 5.32 Å². The van der Waals surface area contributed by atoms with Crippen molar-refractivity contribution >= 4 is 17.7 Å². The van der Waals surface area contributed by atoms with Crippen molar-refractivity contribution in [3.63, 3.8) is 0 Å². The molecule has 0 atom stereocenters. The van der Waals surface area contributed by atoms with Gasteiger partial charge in [0.05, 0.1) is 5.56 Å². The number of halogens is 1. The van der Waals surface area contributed by atoms with Crippen molar-refractivity contribution in [2.75, 3.05) is 11.9 Å². The fraction of sp³-hybridized carbons (Fsp3) is 0.100. The van der Waals surface area contributed by atoms with Gasteiger partial charge in [-0.25, -0.2) is 9.18 Å². The molecule has 2 amide bonds. The van der Waals surface area contributed by atoms with Gasteiger partial charge in [-0.15, -0.1) is 0 Å². The van der Waals surface area contributed by atoms with Crippen LogP contribution in [-0.4, -0.2) is 23.7 Å². The minimum absolute atomic E-state index is 0.200. The molecule has 3 N–H and O–H groups in total. The molecule has 17 heavy (non-hydrogen) atoms. The molecule has 0 saturated heterocycles. The first kappa shape index (κ1) is 12.4. The van der Waals surface area contributed by atoms with E-state index in [1.54, 1.807) is 6.07 Å². The highest BCUT2D eigenvalue weighted by Gasteiger charge is 2.06. The standard InChI is InChI=1S/C10H8FN3O3/c11-8-2-1-7(3-6(8)4-12)14-10(17)13-5-9(15)16/h1-3H,5H2,(H,15,16)(H2,13,14,17). The van der Waals surface area contributed by atoms with Crippen molar-refractivity contribution in [2.24, 2.45) is 0 Å². The fourth-order valence-corrected chi connectivity index (χ4v) is 1.02. The number of hydrogen-bond acceptors (Lipinski definition) is 3. The molecule has 0 radical (unpaired) electrons. The van der Waals surface area contributed by atoms with Gasteiger partial charge in [-0.05, 0) is 18.2 Å². The zero-order chi connectivity index (χ0) is 12.8. The average Bonchev–Trinajstić information content (AvgIpc) is 2.29. The molecule has 6 nitrogen and oxygen atoms in total. The smallest absolute Gasteiger partial charge is 0.323 e. The van der Waals surface area contributed by atoms with Crippen LogP contribution in [0.3, 0.4) is 0 Å². The van der Waals surface area contributed by atoms with E-state index < -0.39 is 24.4 Å². The van der Waals surface area contributed by atoms with Crippen LogP contribution in [0.25, 0.3) is 0 Å². The minimum atomic E-state index is -1.18. The first-order valence-electron chi connectivity index (χ1n) is 4.49. The average molecular weight is 237 g/mol. The van der Waals surface area contributed by atoms with E-state index in [1.807, 2.05) is 0 Å². The summed E-state index contributed by atoms with van der Waals surface area (Å²) in [6.45, 7) is -0.530. The maximum Gasteiger partial charge on any atom is 0.323 e. The number of anilines is 1. The summed E-state index contributed by atoms with van der Waals surface area (Å²) >= 11 is 0. The molecule has 0 bridgehead atoms. The van der Waals surface area contributed by atoms with Crippen LogP contribution in [0.5, 0.6) is 0 Å². The number of benzene rings is 1. The van der Waals surface area contributed by atoms with Gasteiger partial charge in [0.1, 0.15) is 18.4 Å². The molecular formula is C10H8FN3O3. The monoisotopic (exact) mass is 237 g/mol. The molecule has 1 rings (SSSR count). The molecule has 0 spiro atoms. The zero-order valence-electron chi connectivity index (χ0n) is 8.53. The SMILES string of the molecule is N#Cc1cc(NC(=O)NCC(=O)O)ccc1F. The van der Waals surface area contributed by atoms with Gasteiger partial charge in [0.2, 0.25) is 0 Å². The molecule has 0 aliphatic rings. The lowest BCUT2D eigenvalue weighted by molar-refractivity contribution is -0.135. The Morgan fingerprint density at radius 2 is 2.18 bits per heavy atom. The molecule has 0 aliphatic heterocycles. The molecule has 0 fully saturated rings. The van der Waals surface area contributed by atoms with Gasteiger partial charge in [-0.1, -0.05) is 0 Å². The third-order valence-corrected chi connectivity index (χ3v) is 1.74.